The Labute approximate surface area is 85.0 Å². The van der Waals surface area contributed by atoms with E-state index in [1.807, 2.05) is 0 Å². The summed E-state index contributed by atoms with van der Waals surface area (Å²) in [7, 11) is 0. The predicted octanol–water partition coefficient (Wildman–Crippen LogP) is -0.950. The number of nitrogens with two attached hydrogens (primary N) is 1. The number of nitrogens with zero attached hydrogens (tertiary/aromatic N) is 1. The number of rotatable bonds is 3. The highest BCUT2D eigenvalue weighted by Crippen LogP contribution is 2.05. The molecule has 1 aliphatic heterocycles. The molecule has 0 saturated carbocycles. The van der Waals surface area contributed by atoms with Gasteiger partial charge in [-0.1, -0.05) is 0 Å². The van der Waals surface area contributed by atoms with Gasteiger partial charge in [0, 0.05) is 25.6 Å². The maximum atomic E-state index is 11.1. The van der Waals surface area contributed by atoms with Crippen molar-refractivity contribution in [3.63, 3.8) is 0 Å². The van der Waals surface area contributed by atoms with Crippen molar-refractivity contribution in [3.8, 4) is 0 Å². The second-order valence-corrected chi connectivity index (χ2v) is 3.76. The van der Waals surface area contributed by atoms with Gasteiger partial charge in [0.15, 0.2) is 0 Å². The Balaban J connectivity index is 2.33. The summed E-state index contributed by atoms with van der Waals surface area (Å²) in [5.41, 5.74) is 2.17. The van der Waals surface area contributed by atoms with E-state index in [2.05, 4.69) is 22.6 Å². The van der Waals surface area contributed by atoms with Gasteiger partial charge in [-0.05, 0) is 26.4 Å². The number of hydrogen-bond donors (Lipinski definition) is 3. The molecule has 4 N–H and O–H groups in total. The van der Waals surface area contributed by atoms with Gasteiger partial charge < -0.3 is 5.32 Å². The molecule has 1 atom stereocenters. The second-order valence-electron chi connectivity index (χ2n) is 3.76. The second kappa shape index (κ2) is 5.95. The maximum Gasteiger partial charge on any atom is 0.235 e. The van der Waals surface area contributed by atoms with Gasteiger partial charge in [-0.15, -0.1) is 0 Å². The molecule has 1 fully saturated rings. The van der Waals surface area contributed by atoms with E-state index in [-0.39, 0.29) is 11.9 Å². The Morgan fingerprint density at radius 1 is 1.57 bits per heavy atom. The smallest absolute Gasteiger partial charge is 0.235 e. The lowest BCUT2D eigenvalue weighted by molar-refractivity contribution is -0.122. The van der Waals surface area contributed by atoms with Crippen LogP contribution in [-0.2, 0) is 4.79 Å². The predicted molar refractivity (Wildman–Crippen MR) is 55.5 cm³/mol. The van der Waals surface area contributed by atoms with Gasteiger partial charge in [-0.3, -0.25) is 15.1 Å². The zero-order valence-corrected chi connectivity index (χ0v) is 8.75. The first-order chi connectivity index (χ1) is 6.74. The van der Waals surface area contributed by atoms with Crippen LogP contribution in [0.2, 0.25) is 0 Å². The fraction of sp³-hybridized carbons (Fsp3) is 0.889. The van der Waals surface area contributed by atoms with E-state index in [0.717, 1.165) is 32.6 Å². The summed E-state index contributed by atoms with van der Waals surface area (Å²) in [5, 5.41) is 3.33. The summed E-state index contributed by atoms with van der Waals surface area (Å²) in [6.45, 7) is 6.23. The van der Waals surface area contributed by atoms with Crippen LogP contribution < -0.4 is 16.6 Å². The molecule has 5 heteroatoms. The number of nitrogens with one attached hydrogen (secondary N) is 2. The van der Waals surface area contributed by atoms with E-state index in [0.29, 0.717) is 6.42 Å². The average molecular weight is 200 g/mol. The fourth-order valence-electron chi connectivity index (χ4n) is 1.76. The first-order valence-corrected chi connectivity index (χ1v) is 5.18. The van der Waals surface area contributed by atoms with Crippen molar-refractivity contribution in [2.45, 2.75) is 25.8 Å². The van der Waals surface area contributed by atoms with Crippen LogP contribution in [0.4, 0.5) is 0 Å². The lowest BCUT2D eigenvalue weighted by Gasteiger charge is -2.26. The first-order valence-electron chi connectivity index (χ1n) is 5.18. The molecule has 0 spiro atoms. The molecule has 1 rings (SSSR count). The molecule has 1 unspecified atom stereocenters. The van der Waals surface area contributed by atoms with Crippen molar-refractivity contribution in [1.82, 2.24) is 15.6 Å². The third kappa shape index (κ3) is 3.61. The van der Waals surface area contributed by atoms with Gasteiger partial charge in [0.25, 0.3) is 0 Å². The van der Waals surface area contributed by atoms with Gasteiger partial charge in [0.1, 0.15) is 0 Å². The van der Waals surface area contributed by atoms with Crippen LogP contribution in [0.1, 0.15) is 19.8 Å². The molecular formula is C9H20N4O. The molecule has 0 radical (unpaired) electrons. The Morgan fingerprint density at radius 3 is 3.07 bits per heavy atom. The monoisotopic (exact) mass is 200 g/mol. The molecule has 0 aromatic rings. The third-order valence-electron chi connectivity index (χ3n) is 2.64. The van der Waals surface area contributed by atoms with Crippen molar-refractivity contribution < 1.29 is 4.79 Å². The lowest BCUT2D eigenvalue weighted by Crippen LogP contribution is -2.41. The lowest BCUT2D eigenvalue weighted by atomic mass is 10.2. The minimum atomic E-state index is -0.0882. The van der Waals surface area contributed by atoms with Gasteiger partial charge in [-0.25, -0.2) is 5.84 Å². The highest BCUT2D eigenvalue weighted by molar-refractivity contribution is 5.75. The van der Waals surface area contributed by atoms with Crippen molar-refractivity contribution in [3.05, 3.63) is 0 Å². The van der Waals surface area contributed by atoms with E-state index in [9.17, 15) is 4.79 Å². The van der Waals surface area contributed by atoms with Crippen LogP contribution in [0, 0.1) is 0 Å². The Bertz CT molecular complexity index is 178. The Morgan fingerprint density at radius 2 is 2.36 bits per heavy atom. The van der Waals surface area contributed by atoms with Crippen LogP contribution >= 0.6 is 0 Å². The largest absolute Gasteiger partial charge is 0.315 e. The summed E-state index contributed by atoms with van der Waals surface area (Å²) in [6.07, 6.45) is 1.63. The van der Waals surface area contributed by atoms with E-state index in [1.165, 1.54) is 0 Å². The number of carbonyl (C=O) groups is 1. The molecule has 82 valence electrons. The molecule has 0 aliphatic carbocycles. The summed E-state index contributed by atoms with van der Waals surface area (Å²) in [5.74, 6) is 4.96. The summed E-state index contributed by atoms with van der Waals surface area (Å²) >= 11 is 0. The molecule has 1 amide bonds. The zero-order valence-electron chi connectivity index (χ0n) is 8.75. The van der Waals surface area contributed by atoms with Gasteiger partial charge in [0.05, 0.1) is 0 Å². The molecule has 1 saturated heterocycles. The number of amides is 1. The quantitative estimate of drug-likeness (QED) is 0.312. The van der Waals surface area contributed by atoms with E-state index < -0.39 is 0 Å². The summed E-state index contributed by atoms with van der Waals surface area (Å²) < 4.78 is 0. The highest BCUT2D eigenvalue weighted by Gasteiger charge is 2.17. The SMILES string of the molecule is CC(CC(=O)NN)N1CCCNCC1. The fourth-order valence-corrected chi connectivity index (χ4v) is 1.76. The van der Waals surface area contributed by atoms with Crippen molar-refractivity contribution in [1.29, 1.82) is 0 Å². The van der Waals surface area contributed by atoms with Crippen LogP contribution in [0.25, 0.3) is 0 Å². The van der Waals surface area contributed by atoms with Crippen LogP contribution in [0.3, 0.4) is 0 Å². The molecule has 0 aromatic carbocycles. The molecule has 1 aliphatic rings. The van der Waals surface area contributed by atoms with Crippen LogP contribution in [0.15, 0.2) is 0 Å². The van der Waals surface area contributed by atoms with Gasteiger partial charge in [-0.2, -0.15) is 0 Å². The number of carbonyl (C=O) groups excluding carboxylic acids is 1. The molecule has 0 bridgehead atoms. The summed E-state index contributed by atoms with van der Waals surface area (Å²) in [4.78, 5) is 13.4. The maximum absolute atomic E-state index is 11.1. The Kier molecular flexibility index (Phi) is 4.86. The normalized spacial score (nSPS) is 21.3. The van der Waals surface area contributed by atoms with E-state index in [1.54, 1.807) is 0 Å². The highest BCUT2D eigenvalue weighted by atomic mass is 16.2. The molecule has 5 nitrogen and oxygen atoms in total. The van der Waals surface area contributed by atoms with Crippen LogP contribution in [0.5, 0.6) is 0 Å². The topological polar surface area (TPSA) is 70.4 Å². The minimum absolute atomic E-state index is 0.0882. The van der Waals surface area contributed by atoms with Crippen molar-refractivity contribution >= 4 is 5.91 Å². The standard InChI is InChI=1S/C9H20N4O/c1-8(7-9(14)12-10)13-5-2-3-11-4-6-13/h8,11H,2-7,10H2,1H3,(H,12,14). The first kappa shape index (κ1) is 11.4. The molecular weight excluding hydrogens is 180 g/mol. The third-order valence-corrected chi connectivity index (χ3v) is 2.64. The van der Waals surface area contributed by atoms with Crippen molar-refractivity contribution in [2.24, 2.45) is 5.84 Å². The molecule has 1 heterocycles. The zero-order chi connectivity index (χ0) is 10.4. The molecule has 0 aromatic heterocycles. The summed E-state index contributed by atoms with van der Waals surface area (Å²) in [6, 6.07) is 0.276. The number of hydrogen-bond acceptors (Lipinski definition) is 4. The van der Waals surface area contributed by atoms with Crippen LogP contribution in [-0.4, -0.2) is 43.0 Å². The average Bonchev–Trinajstić information content (AvgIpc) is 2.45. The molecule has 14 heavy (non-hydrogen) atoms. The van der Waals surface area contributed by atoms with Crippen molar-refractivity contribution in [2.75, 3.05) is 26.2 Å². The van der Waals surface area contributed by atoms with Gasteiger partial charge >= 0.3 is 0 Å². The van der Waals surface area contributed by atoms with Gasteiger partial charge in [0.2, 0.25) is 5.91 Å². The van der Waals surface area contributed by atoms with E-state index >= 15 is 0 Å². The Hall–Kier alpha value is -0.650. The minimum Gasteiger partial charge on any atom is -0.315 e. The number of hydrazine groups is 1. The van der Waals surface area contributed by atoms with E-state index in [4.69, 9.17) is 5.84 Å².